The number of nitrogens with one attached hydrogen (secondary N) is 1. The molecule has 94 valence electrons. The standard InChI is InChI=1S/C15H15BrClN/c1-10-6-12(8-13(16)7-10)15(18-2)11-4-3-5-14(17)9-11/h3-9,15,18H,1-2H3. The molecule has 3 heteroatoms. The van der Waals surface area contributed by atoms with Crippen LogP contribution in [0.2, 0.25) is 5.02 Å². The zero-order chi connectivity index (χ0) is 13.1. The Morgan fingerprint density at radius 3 is 2.50 bits per heavy atom. The van der Waals surface area contributed by atoms with Gasteiger partial charge in [0, 0.05) is 9.50 Å². The first-order valence-corrected chi connectivity index (χ1v) is 6.97. The Balaban J connectivity index is 2.45. The smallest absolute Gasteiger partial charge is 0.0575 e. The largest absolute Gasteiger partial charge is 0.309 e. The average molecular weight is 325 g/mol. The molecule has 2 aromatic carbocycles. The van der Waals surface area contributed by atoms with E-state index in [2.05, 4.69) is 52.4 Å². The van der Waals surface area contributed by atoms with Crippen molar-refractivity contribution >= 4 is 27.5 Å². The minimum absolute atomic E-state index is 0.153. The highest BCUT2D eigenvalue weighted by Gasteiger charge is 2.13. The third kappa shape index (κ3) is 3.14. The Bertz CT molecular complexity index is 534. The SMILES string of the molecule is CNC(c1cccc(Cl)c1)c1cc(C)cc(Br)c1. The van der Waals surface area contributed by atoms with Crippen molar-refractivity contribution < 1.29 is 0 Å². The molecule has 1 N–H and O–H groups in total. The Morgan fingerprint density at radius 1 is 1.11 bits per heavy atom. The van der Waals surface area contributed by atoms with Gasteiger partial charge in [0.1, 0.15) is 0 Å². The second-order valence-corrected chi connectivity index (χ2v) is 5.69. The van der Waals surface area contributed by atoms with Crippen molar-refractivity contribution in [2.75, 3.05) is 7.05 Å². The van der Waals surface area contributed by atoms with Crippen LogP contribution in [0.15, 0.2) is 46.9 Å². The number of halogens is 2. The van der Waals surface area contributed by atoms with E-state index in [1.165, 1.54) is 16.7 Å². The first-order chi connectivity index (χ1) is 8.60. The fourth-order valence-corrected chi connectivity index (χ4v) is 2.97. The van der Waals surface area contributed by atoms with Crippen LogP contribution in [-0.2, 0) is 0 Å². The van der Waals surface area contributed by atoms with Gasteiger partial charge >= 0.3 is 0 Å². The molecule has 0 bridgehead atoms. The summed E-state index contributed by atoms with van der Waals surface area (Å²) in [5.41, 5.74) is 3.63. The summed E-state index contributed by atoms with van der Waals surface area (Å²) in [6.45, 7) is 2.10. The van der Waals surface area contributed by atoms with Crippen LogP contribution in [0.5, 0.6) is 0 Å². The molecule has 0 saturated carbocycles. The summed E-state index contributed by atoms with van der Waals surface area (Å²) in [5.74, 6) is 0. The second-order valence-electron chi connectivity index (χ2n) is 4.34. The summed E-state index contributed by atoms with van der Waals surface area (Å²) < 4.78 is 1.10. The van der Waals surface area contributed by atoms with Gasteiger partial charge in [-0.05, 0) is 54.9 Å². The van der Waals surface area contributed by atoms with Crippen LogP contribution in [0.3, 0.4) is 0 Å². The summed E-state index contributed by atoms with van der Waals surface area (Å²) >= 11 is 9.60. The van der Waals surface area contributed by atoms with E-state index in [1.54, 1.807) is 0 Å². The summed E-state index contributed by atoms with van der Waals surface area (Å²) in [6.07, 6.45) is 0. The van der Waals surface area contributed by atoms with Crippen molar-refractivity contribution in [3.05, 3.63) is 68.7 Å². The summed E-state index contributed by atoms with van der Waals surface area (Å²) in [5, 5.41) is 4.10. The quantitative estimate of drug-likeness (QED) is 0.861. The van der Waals surface area contributed by atoms with Crippen molar-refractivity contribution in [2.24, 2.45) is 0 Å². The number of hydrogen-bond donors (Lipinski definition) is 1. The number of rotatable bonds is 3. The van der Waals surface area contributed by atoms with Crippen molar-refractivity contribution in [1.82, 2.24) is 5.32 Å². The maximum Gasteiger partial charge on any atom is 0.0575 e. The topological polar surface area (TPSA) is 12.0 Å². The Labute approximate surface area is 121 Å². The van der Waals surface area contributed by atoms with Gasteiger partial charge in [-0.3, -0.25) is 0 Å². The maximum absolute atomic E-state index is 6.06. The minimum Gasteiger partial charge on any atom is -0.309 e. The molecule has 0 aliphatic rings. The fraction of sp³-hybridized carbons (Fsp3) is 0.200. The molecule has 0 fully saturated rings. The van der Waals surface area contributed by atoms with E-state index in [4.69, 9.17) is 11.6 Å². The maximum atomic E-state index is 6.06. The molecule has 0 heterocycles. The first kappa shape index (κ1) is 13.6. The van der Waals surface area contributed by atoms with Crippen LogP contribution in [0.4, 0.5) is 0 Å². The molecule has 1 atom stereocenters. The van der Waals surface area contributed by atoms with Crippen molar-refractivity contribution in [1.29, 1.82) is 0 Å². The van der Waals surface area contributed by atoms with Crippen molar-refractivity contribution in [2.45, 2.75) is 13.0 Å². The molecule has 0 amide bonds. The van der Waals surface area contributed by atoms with Gasteiger partial charge in [-0.25, -0.2) is 0 Å². The van der Waals surface area contributed by atoms with E-state index < -0.39 is 0 Å². The minimum atomic E-state index is 0.153. The van der Waals surface area contributed by atoms with Gasteiger partial charge in [0.15, 0.2) is 0 Å². The van der Waals surface area contributed by atoms with Gasteiger partial charge in [0.25, 0.3) is 0 Å². The predicted molar refractivity (Wildman–Crippen MR) is 81.2 cm³/mol. The lowest BCUT2D eigenvalue weighted by Gasteiger charge is -2.18. The lowest BCUT2D eigenvalue weighted by atomic mass is 9.97. The monoisotopic (exact) mass is 323 g/mol. The van der Waals surface area contributed by atoms with E-state index in [-0.39, 0.29) is 6.04 Å². The van der Waals surface area contributed by atoms with Crippen LogP contribution in [-0.4, -0.2) is 7.05 Å². The molecule has 0 aliphatic carbocycles. The lowest BCUT2D eigenvalue weighted by Crippen LogP contribution is -2.17. The normalized spacial score (nSPS) is 12.4. The summed E-state index contributed by atoms with van der Waals surface area (Å²) in [7, 11) is 1.96. The van der Waals surface area contributed by atoms with Crippen LogP contribution >= 0.6 is 27.5 Å². The Morgan fingerprint density at radius 2 is 1.89 bits per heavy atom. The molecule has 0 spiro atoms. The summed E-state index contributed by atoms with van der Waals surface area (Å²) in [6, 6.07) is 14.5. The van der Waals surface area contributed by atoms with Crippen LogP contribution < -0.4 is 5.32 Å². The Hall–Kier alpha value is -0.830. The van der Waals surface area contributed by atoms with E-state index in [1.807, 2.05) is 25.2 Å². The predicted octanol–water partition coefficient (Wildman–Crippen LogP) is 4.72. The molecule has 0 aliphatic heterocycles. The summed E-state index contributed by atoms with van der Waals surface area (Å²) in [4.78, 5) is 0. The lowest BCUT2D eigenvalue weighted by molar-refractivity contribution is 0.691. The molecule has 18 heavy (non-hydrogen) atoms. The zero-order valence-corrected chi connectivity index (χ0v) is 12.7. The Kier molecular flexibility index (Phi) is 4.44. The highest BCUT2D eigenvalue weighted by atomic mass is 79.9. The van der Waals surface area contributed by atoms with E-state index >= 15 is 0 Å². The van der Waals surface area contributed by atoms with E-state index in [0.29, 0.717) is 0 Å². The van der Waals surface area contributed by atoms with E-state index in [9.17, 15) is 0 Å². The molecule has 0 saturated heterocycles. The highest BCUT2D eigenvalue weighted by molar-refractivity contribution is 9.10. The zero-order valence-electron chi connectivity index (χ0n) is 10.4. The van der Waals surface area contributed by atoms with Gasteiger partial charge in [-0.15, -0.1) is 0 Å². The number of hydrogen-bond acceptors (Lipinski definition) is 1. The molecule has 2 aromatic rings. The van der Waals surface area contributed by atoms with Gasteiger partial charge < -0.3 is 5.32 Å². The van der Waals surface area contributed by atoms with Crippen molar-refractivity contribution in [3.8, 4) is 0 Å². The van der Waals surface area contributed by atoms with Crippen LogP contribution in [0, 0.1) is 6.92 Å². The van der Waals surface area contributed by atoms with Crippen molar-refractivity contribution in [3.63, 3.8) is 0 Å². The number of aryl methyl sites for hydroxylation is 1. The highest BCUT2D eigenvalue weighted by Crippen LogP contribution is 2.27. The second kappa shape index (κ2) is 5.87. The molecular weight excluding hydrogens is 310 g/mol. The van der Waals surface area contributed by atoms with Gasteiger partial charge in [0.05, 0.1) is 6.04 Å². The molecule has 0 radical (unpaired) electrons. The first-order valence-electron chi connectivity index (χ1n) is 5.80. The molecule has 2 rings (SSSR count). The van der Waals surface area contributed by atoms with Crippen LogP contribution in [0.1, 0.15) is 22.7 Å². The van der Waals surface area contributed by atoms with Gasteiger partial charge in [0.2, 0.25) is 0 Å². The molecule has 1 unspecified atom stereocenters. The van der Waals surface area contributed by atoms with E-state index in [0.717, 1.165) is 9.50 Å². The third-order valence-corrected chi connectivity index (χ3v) is 3.56. The van der Waals surface area contributed by atoms with Gasteiger partial charge in [-0.2, -0.15) is 0 Å². The molecule has 0 aromatic heterocycles. The number of benzene rings is 2. The third-order valence-electron chi connectivity index (χ3n) is 2.87. The molecular formula is C15H15BrClN. The fourth-order valence-electron chi connectivity index (χ4n) is 2.14. The average Bonchev–Trinajstić information content (AvgIpc) is 2.28. The van der Waals surface area contributed by atoms with Gasteiger partial charge in [-0.1, -0.05) is 45.7 Å². The van der Waals surface area contributed by atoms with Crippen LogP contribution in [0.25, 0.3) is 0 Å². The molecule has 1 nitrogen and oxygen atoms in total.